The number of hydrogen-bond donors (Lipinski definition) is 0. The fourth-order valence-corrected chi connectivity index (χ4v) is 2.17. The molecule has 0 saturated heterocycles. The maximum absolute atomic E-state index is 12.8. The van der Waals surface area contributed by atoms with Gasteiger partial charge in [-0.25, -0.2) is 8.78 Å². The molecule has 0 saturated carbocycles. The van der Waals surface area contributed by atoms with Gasteiger partial charge in [0.05, 0.1) is 5.54 Å². The van der Waals surface area contributed by atoms with E-state index in [0.717, 1.165) is 36.6 Å². The Bertz CT molecular complexity index is 384. The molecule has 116 valence electrons. The van der Waals surface area contributed by atoms with Crippen molar-refractivity contribution < 1.29 is 8.78 Å². The van der Waals surface area contributed by atoms with Crippen LogP contribution in [-0.4, -0.2) is 17.2 Å². The predicted octanol–water partition coefficient (Wildman–Crippen LogP) is 5.96. The fraction of sp³-hybridized carbons (Fsp3) is 0.706. The lowest BCUT2D eigenvalue weighted by Gasteiger charge is -2.21. The average molecular weight is 285 g/mol. The van der Waals surface area contributed by atoms with Crippen LogP contribution in [0.2, 0.25) is 0 Å². The van der Waals surface area contributed by atoms with Gasteiger partial charge in [0.25, 0.3) is 0 Å². The van der Waals surface area contributed by atoms with Crippen LogP contribution in [0.5, 0.6) is 0 Å². The summed E-state index contributed by atoms with van der Waals surface area (Å²) in [6.07, 6.45) is 3.87. The number of aliphatic imine (C=N–C) groups is 1. The lowest BCUT2D eigenvalue weighted by molar-refractivity contribution is 0.0135. The van der Waals surface area contributed by atoms with Crippen LogP contribution in [0.3, 0.4) is 0 Å². The fourth-order valence-electron chi connectivity index (χ4n) is 2.17. The summed E-state index contributed by atoms with van der Waals surface area (Å²) in [5.41, 5.74) is 2.87. The van der Waals surface area contributed by atoms with Crippen LogP contribution in [-0.2, 0) is 0 Å². The van der Waals surface area contributed by atoms with Gasteiger partial charge in [0.2, 0.25) is 5.92 Å². The van der Waals surface area contributed by atoms with Gasteiger partial charge in [-0.2, -0.15) is 0 Å². The van der Waals surface area contributed by atoms with E-state index in [2.05, 4.69) is 32.3 Å². The number of alkyl halides is 2. The maximum Gasteiger partial charge on any atom is 0.245 e. The highest BCUT2D eigenvalue weighted by Gasteiger charge is 2.20. The topological polar surface area (TPSA) is 12.4 Å². The minimum Gasteiger partial charge on any atom is -0.288 e. The van der Waals surface area contributed by atoms with Crippen molar-refractivity contribution in [3.05, 3.63) is 23.8 Å². The molecule has 0 N–H and O–H groups in total. The zero-order valence-corrected chi connectivity index (χ0v) is 13.8. The summed E-state index contributed by atoms with van der Waals surface area (Å²) in [5.74, 6) is -2.62. The molecule has 0 rings (SSSR count). The summed E-state index contributed by atoms with van der Waals surface area (Å²) < 4.78 is 25.6. The van der Waals surface area contributed by atoms with Gasteiger partial charge in [0, 0.05) is 12.1 Å². The van der Waals surface area contributed by atoms with Gasteiger partial charge in [-0.05, 0) is 53.9 Å². The van der Waals surface area contributed by atoms with E-state index in [4.69, 9.17) is 0 Å². The number of allylic oxidation sites excluding steroid dienone is 2. The maximum atomic E-state index is 12.8. The lowest BCUT2D eigenvalue weighted by atomic mass is 9.94. The minimum absolute atomic E-state index is 0.147. The summed E-state index contributed by atoms with van der Waals surface area (Å²) >= 11 is 0. The number of hydrogen-bond acceptors (Lipinski definition) is 1. The summed E-state index contributed by atoms with van der Waals surface area (Å²) in [7, 11) is 0. The molecule has 0 aromatic rings. The summed E-state index contributed by atoms with van der Waals surface area (Å²) in [4.78, 5) is 4.69. The van der Waals surface area contributed by atoms with Gasteiger partial charge in [-0.3, -0.25) is 4.99 Å². The van der Waals surface area contributed by atoms with E-state index in [-0.39, 0.29) is 12.0 Å². The highest BCUT2D eigenvalue weighted by Crippen LogP contribution is 2.25. The second kappa shape index (κ2) is 7.70. The van der Waals surface area contributed by atoms with E-state index < -0.39 is 5.92 Å². The van der Waals surface area contributed by atoms with Gasteiger partial charge in [0.1, 0.15) is 0 Å². The zero-order chi connectivity index (χ0) is 16.0. The molecule has 0 aromatic heterocycles. The van der Waals surface area contributed by atoms with Crippen LogP contribution >= 0.6 is 0 Å². The molecule has 0 bridgehead atoms. The van der Waals surface area contributed by atoms with Crippen molar-refractivity contribution in [2.45, 2.75) is 78.7 Å². The van der Waals surface area contributed by atoms with Crippen molar-refractivity contribution in [1.29, 1.82) is 0 Å². The van der Waals surface area contributed by atoms with Crippen molar-refractivity contribution in [2.24, 2.45) is 4.99 Å². The standard InChI is InChI=1S/C17H29F2N/c1-8-15(4)20-16(5,6)12-14(3)11-13(2)9-10-17(7,18)19/h11H,2,8-10,12H2,1,3-7H3/b14-11+,20-15-. The van der Waals surface area contributed by atoms with Gasteiger partial charge in [-0.15, -0.1) is 0 Å². The highest BCUT2D eigenvalue weighted by molar-refractivity contribution is 5.81. The molecule has 0 aromatic carbocycles. The zero-order valence-electron chi connectivity index (χ0n) is 13.8. The average Bonchev–Trinajstić information content (AvgIpc) is 2.23. The Labute approximate surface area is 122 Å². The Morgan fingerprint density at radius 1 is 1.20 bits per heavy atom. The second-order valence-corrected chi connectivity index (χ2v) is 6.41. The van der Waals surface area contributed by atoms with E-state index in [1.165, 1.54) is 0 Å². The normalized spacial score (nSPS) is 14.6. The van der Waals surface area contributed by atoms with Crippen LogP contribution in [0.1, 0.15) is 67.2 Å². The SMILES string of the molecule is C=C(/C=C(\C)CC(C)(C)/N=C(/C)CC)CCC(C)(F)F. The summed E-state index contributed by atoms with van der Waals surface area (Å²) in [6.45, 7) is 15.1. The molecule has 0 heterocycles. The number of nitrogens with zero attached hydrogens (tertiary/aromatic N) is 1. The van der Waals surface area contributed by atoms with Crippen LogP contribution in [0.15, 0.2) is 28.8 Å². The first-order valence-corrected chi connectivity index (χ1v) is 7.23. The van der Waals surface area contributed by atoms with Crippen molar-refractivity contribution in [2.75, 3.05) is 0 Å². The highest BCUT2D eigenvalue weighted by atomic mass is 19.3. The van der Waals surface area contributed by atoms with Crippen molar-refractivity contribution in [3.63, 3.8) is 0 Å². The number of rotatable bonds is 8. The van der Waals surface area contributed by atoms with E-state index in [9.17, 15) is 8.78 Å². The molecule has 0 radical (unpaired) electrons. The minimum atomic E-state index is -2.62. The Morgan fingerprint density at radius 2 is 1.75 bits per heavy atom. The molecule has 0 aliphatic carbocycles. The molecule has 0 spiro atoms. The first-order valence-electron chi connectivity index (χ1n) is 7.23. The van der Waals surface area contributed by atoms with Gasteiger partial charge in [0.15, 0.2) is 0 Å². The van der Waals surface area contributed by atoms with E-state index >= 15 is 0 Å². The molecule has 0 atom stereocenters. The van der Waals surface area contributed by atoms with E-state index in [1.54, 1.807) is 0 Å². The Kier molecular flexibility index (Phi) is 7.32. The van der Waals surface area contributed by atoms with Gasteiger partial charge < -0.3 is 0 Å². The number of halogens is 2. The molecule has 3 heteroatoms. The van der Waals surface area contributed by atoms with Crippen LogP contribution < -0.4 is 0 Å². The molecule has 0 aliphatic rings. The third-order valence-electron chi connectivity index (χ3n) is 3.05. The van der Waals surface area contributed by atoms with Crippen molar-refractivity contribution >= 4 is 5.71 Å². The Balaban J connectivity index is 4.56. The van der Waals surface area contributed by atoms with Crippen LogP contribution in [0.25, 0.3) is 0 Å². The Hall–Kier alpha value is -0.990. The third kappa shape index (κ3) is 9.88. The molecule has 0 fully saturated rings. The molecule has 1 nitrogen and oxygen atoms in total. The van der Waals surface area contributed by atoms with Crippen LogP contribution in [0.4, 0.5) is 8.78 Å². The molecule has 0 aliphatic heterocycles. The van der Waals surface area contributed by atoms with E-state index in [1.807, 2.05) is 19.9 Å². The molecule has 0 amide bonds. The summed E-state index contributed by atoms with van der Waals surface area (Å²) in [5, 5.41) is 0. The largest absolute Gasteiger partial charge is 0.288 e. The van der Waals surface area contributed by atoms with Crippen molar-refractivity contribution in [1.82, 2.24) is 0 Å². The van der Waals surface area contributed by atoms with Crippen LogP contribution in [0, 0.1) is 0 Å². The van der Waals surface area contributed by atoms with E-state index in [0.29, 0.717) is 6.42 Å². The smallest absolute Gasteiger partial charge is 0.245 e. The molecule has 0 unspecified atom stereocenters. The predicted molar refractivity (Wildman–Crippen MR) is 84.8 cm³/mol. The van der Waals surface area contributed by atoms with Gasteiger partial charge >= 0.3 is 0 Å². The van der Waals surface area contributed by atoms with Gasteiger partial charge in [-0.1, -0.05) is 30.7 Å². The quantitative estimate of drug-likeness (QED) is 0.385. The third-order valence-corrected chi connectivity index (χ3v) is 3.05. The molecule has 20 heavy (non-hydrogen) atoms. The first kappa shape index (κ1) is 19.0. The molecular weight excluding hydrogens is 256 g/mol. The lowest BCUT2D eigenvalue weighted by Crippen LogP contribution is -2.19. The molecular formula is C17H29F2N. The second-order valence-electron chi connectivity index (χ2n) is 6.41. The summed E-state index contributed by atoms with van der Waals surface area (Å²) in [6, 6.07) is 0. The first-order chi connectivity index (χ1) is 8.95. The van der Waals surface area contributed by atoms with Crippen molar-refractivity contribution in [3.8, 4) is 0 Å². The monoisotopic (exact) mass is 285 g/mol. The Morgan fingerprint density at radius 3 is 2.20 bits per heavy atom.